The molecule has 0 aliphatic heterocycles. The number of nitriles is 1. The summed E-state index contributed by atoms with van der Waals surface area (Å²) in [7, 11) is 0. The number of primary amides is 1. The van der Waals surface area contributed by atoms with E-state index in [1.165, 1.54) is 5.06 Å². The number of anilines is 1. The molecule has 4 N–H and O–H groups in total. The van der Waals surface area contributed by atoms with E-state index in [4.69, 9.17) is 42.6 Å². The molecule has 2 rings (SSSR count). The molecule has 12 nitrogen and oxygen atoms in total. The molecule has 0 aliphatic carbocycles. The number of hydrogen-bond acceptors (Lipinski definition) is 7. The van der Waals surface area contributed by atoms with Crippen molar-refractivity contribution in [3.05, 3.63) is 53.8 Å². The minimum Gasteiger partial charge on any atom is -0.494 e. The monoisotopic (exact) mass is 602 g/mol. The molecule has 0 fully saturated rings. The fraction of sp³-hybridized carbons (Fsp3) is 0.483. The summed E-state index contributed by atoms with van der Waals surface area (Å²) in [4.78, 5) is 34.0. The number of rotatable bonds is 17. The first-order valence-electron chi connectivity index (χ1n) is 13.8. The third-order valence-electron chi connectivity index (χ3n) is 5.87. The molecule has 1 heterocycles. The van der Waals surface area contributed by atoms with Crippen LogP contribution < -0.4 is 25.7 Å². The van der Waals surface area contributed by atoms with Crippen LogP contribution in [-0.4, -0.2) is 48.8 Å². The van der Waals surface area contributed by atoms with Crippen molar-refractivity contribution in [3.63, 3.8) is 0 Å². The first-order valence-corrected chi connectivity index (χ1v) is 14.2. The number of hydroxylamine groups is 2. The quantitative estimate of drug-likeness (QED) is 0.0511. The van der Waals surface area contributed by atoms with E-state index in [9.17, 15) is 9.59 Å². The highest BCUT2D eigenvalue weighted by molar-refractivity contribution is 6.30. The van der Waals surface area contributed by atoms with Gasteiger partial charge in [-0.15, -0.1) is 4.99 Å². The molecule has 0 spiro atoms. The third-order valence-corrected chi connectivity index (χ3v) is 6.12. The van der Waals surface area contributed by atoms with Gasteiger partial charge in [-0.2, -0.15) is 9.83 Å². The van der Waals surface area contributed by atoms with E-state index in [-0.39, 0.29) is 5.96 Å². The van der Waals surface area contributed by atoms with Crippen LogP contribution in [0.3, 0.4) is 0 Å². The van der Waals surface area contributed by atoms with Gasteiger partial charge in [0, 0.05) is 30.2 Å². The van der Waals surface area contributed by atoms with Crippen LogP contribution in [0, 0.1) is 11.5 Å². The lowest BCUT2D eigenvalue weighted by atomic mass is 10.2. The second-order valence-electron chi connectivity index (χ2n) is 10.4. The smallest absolute Gasteiger partial charge is 0.409 e. The Hall–Kier alpha value is -4.08. The number of ether oxygens (including phenoxy) is 2. The number of amides is 2. The zero-order valence-corrected chi connectivity index (χ0v) is 25.2. The first-order chi connectivity index (χ1) is 20.0. The summed E-state index contributed by atoms with van der Waals surface area (Å²) in [6.07, 6.45) is 8.66. The molecule has 0 aliphatic rings. The number of guanidine groups is 1. The van der Waals surface area contributed by atoms with Crippen molar-refractivity contribution < 1.29 is 28.5 Å². The molecule has 1 aromatic carbocycles. The number of aliphatic imine (C=N–C) groups is 1. The summed E-state index contributed by atoms with van der Waals surface area (Å²) in [5, 5.41) is 10.9. The van der Waals surface area contributed by atoms with E-state index < -0.39 is 17.9 Å². The van der Waals surface area contributed by atoms with Crippen LogP contribution in [0.1, 0.15) is 65.5 Å². The molecule has 2 aromatic rings. The van der Waals surface area contributed by atoms with Crippen molar-refractivity contribution in [3.8, 4) is 11.9 Å². The number of aromatic nitrogens is 1. The molecule has 0 saturated heterocycles. The molecule has 42 heavy (non-hydrogen) atoms. The number of hydrogen-bond donors (Lipinski definition) is 2. The Bertz CT molecular complexity index is 1180. The molecule has 1 atom stereocenters. The maximum absolute atomic E-state index is 11.6. The number of benzene rings is 1. The molecular formula is C29H41ClN7O5+. The number of halogens is 1. The number of carbonyl (C=O) groups excluding carboxylic acids is 2. The van der Waals surface area contributed by atoms with Gasteiger partial charge in [0.15, 0.2) is 12.4 Å². The van der Waals surface area contributed by atoms with Gasteiger partial charge in [-0.3, -0.25) is 9.63 Å². The van der Waals surface area contributed by atoms with Gasteiger partial charge in [-0.1, -0.05) is 24.4 Å². The van der Waals surface area contributed by atoms with Crippen LogP contribution >= 0.6 is 11.6 Å². The summed E-state index contributed by atoms with van der Waals surface area (Å²) in [5.74, 6) is 0.868. The Labute approximate surface area is 252 Å². The standard InChI is InChI=1S/C29H40ClN7O5/c1-29(2,3)42-36(22-38)16-8-9-26(41-28(33)39)35-18-14-24(15-19-35)37(27(32)34-21-31)17-6-4-5-7-20-40-25-12-10-23(30)11-13-25/h10-15,18-19,22,26H,4-9,16-17,20H2,1-3H3,(H3-,32,33,34,39)/p+1. The van der Waals surface area contributed by atoms with E-state index >= 15 is 0 Å². The van der Waals surface area contributed by atoms with Gasteiger partial charge >= 0.3 is 12.3 Å². The topological polar surface area (TPSA) is 160 Å². The average Bonchev–Trinajstić information content (AvgIpc) is 2.94. The average molecular weight is 603 g/mol. The second kappa shape index (κ2) is 17.7. The first kappa shape index (κ1) is 34.1. The Kier molecular flexibility index (Phi) is 14.4. The summed E-state index contributed by atoms with van der Waals surface area (Å²) in [6.45, 7) is 6.99. The number of unbranched alkanes of at least 4 members (excludes halogenated alkanes) is 3. The van der Waals surface area contributed by atoms with Crippen molar-refractivity contribution in [2.24, 2.45) is 16.5 Å². The summed E-state index contributed by atoms with van der Waals surface area (Å²) in [5.41, 5.74) is 11.6. The molecular weight excluding hydrogens is 562 g/mol. The minimum atomic E-state index is -0.916. The highest BCUT2D eigenvalue weighted by Crippen LogP contribution is 2.18. The van der Waals surface area contributed by atoms with Crippen LogP contribution in [0.15, 0.2) is 53.8 Å². The van der Waals surface area contributed by atoms with E-state index in [1.54, 1.807) is 52.3 Å². The molecule has 228 valence electrons. The van der Waals surface area contributed by atoms with Gasteiger partial charge in [0.2, 0.25) is 18.6 Å². The zero-order valence-electron chi connectivity index (χ0n) is 24.4. The fourth-order valence-corrected chi connectivity index (χ4v) is 4.16. The number of nitrogens with two attached hydrogens (primary N) is 2. The van der Waals surface area contributed by atoms with E-state index in [0.29, 0.717) is 44.0 Å². The normalized spacial score (nSPS) is 12.2. The number of nitrogens with zero attached hydrogens (tertiary/aromatic N) is 5. The van der Waals surface area contributed by atoms with Gasteiger partial charge in [0.05, 0.1) is 24.3 Å². The van der Waals surface area contributed by atoms with Gasteiger partial charge < -0.3 is 25.8 Å². The molecule has 1 unspecified atom stereocenters. The lowest BCUT2D eigenvalue weighted by Crippen LogP contribution is -2.44. The molecule has 0 saturated carbocycles. The summed E-state index contributed by atoms with van der Waals surface area (Å²) < 4.78 is 12.7. The summed E-state index contributed by atoms with van der Waals surface area (Å²) in [6, 6.07) is 10.8. The number of carbonyl (C=O) groups is 2. The van der Waals surface area contributed by atoms with Crippen LogP contribution in [-0.2, 0) is 14.4 Å². The SMILES string of the molecule is CC(C)(C)ON(C=O)CCCC(OC(N)=O)[n+]1ccc(N(CCCCCCOc2ccc(Cl)cc2)C(N)=NC#N)cc1. The Morgan fingerprint density at radius 3 is 2.33 bits per heavy atom. The van der Waals surface area contributed by atoms with Crippen LogP contribution in [0.5, 0.6) is 5.75 Å². The van der Waals surface area contributed by atoms with Crippen molar-refractivity contribution in [2.45, 2.75) is 71.1 Å². The molecule has 0 radical (unpaired) electrons. The molecule has 2 amide bonds. The van der Waals surface area contributed by atoms with Gasteiger partial charge in [0.25, 0.3) is 0 Å². The zero-order chi connectivity index (χ0) is 31.0. The second-order valence-corrected chi connectivity index (χ2v) is 10.9. The van der Waals surface area contributed by atoms with E-state index in [0.717, 1.165) is 37.1 Å². The highest BCUT2D eigenvalue weighted by atomic mass is 35.5. The predicted molar refractivity (Wildman–Crippen MR) is 159 cm³/mol. The third kappa shape index (κ3) is 13.1. The predicted octanol–water partition coefficient (Wildman–Crippen LogP) is 4.43. The van der Waals surface area contributed by atoms with Crippen molar-refractivity contribution >= 4 is 35.8 Å². The number of pyridine rings is 1. The summed E-state index contributed by atoms with van der Waals surface area (Å²) >= 11 is 5.90. The van der Waals surface area contributed by atoms with Crippen molar-refractivity contribution in [1.82, 2.24) is 5.06 Å². The molecule has 0 bridgehead atoms. The van der Waals surface area contributed by atoms with Crippen molar-refractivity contribution in [1.29, 1.82) is 5.26 Å². The molecule has 1 aromatic heterocycles. The Balaban J connectivity index is 1.94. The Morgan fingerprint density at radius 1 is 1.07 bits per heavy atom. The highest BCUT2D eigenvalue weighted by Gasteiger charge is 2.24. The largest absolute Gasteiger partial charge is 0.494 e. The van der Waals surface area contributed by atoms with Gasteiger partial charge in [0.1, 0.15) is 5.75 Å². The lowest BCUT2D eigenvalue weighted by molar-refractivity contribution is -0.757. The van der Waals surface area contributed by atoms with Crippen molar-refractivity contribution in [2.75, 3.05) is 24.6 Å². The molecule has 13 heteroatoms. The fourth-order valence-electron chi connectivity index (χ4n) is 4.03. The van der Waals surface area contributed by atoms with Crippen LogP contribution in [0.2, 0.25) is 5.02 Å². The van der Waals surface area contributed by atoms with Crippen LogP contribution in [0.4, 0.5) is 10.5 Å². The minimum absolute atomic E-state index is 0.0825. The maximum atomic E-state index is 11.6. The lowest BCUT2D eigenvalue weighted by Gasteiger charge is -2.26. The van der Waals surface area contributed by atoms with Crippen LogP contribution in [0.25, 0.3) is 0 Å². The maximum Gasteiger partial charge on any atom is 0.409 e. The van der Waals surface area contributed by atoms with E-state index in [2.05, 4.69) is 4.99 Å². The van der Waals surface area contributed by atoms with Gasteiger partial charge in [-0.25, -0.2) is 9.86 Å². The van der Waals surface area contributed by atoms with Gasteiger partial charge in [-0.05, 0) is 64.3 Å². The van der Waals surface area contributed by atoms with E-state index in [1.807, 2.05) is 32.9 Å². The Morgan fingerprint density at radius 2 is 1.74 bits per heavy atom.